The van der Waals surface area contributed by atoms with Gasteiger partial charge in [-0.15, -0.1) is 6.58 Å². The standard InChI is InChI=1S/C13H13NO2/c1-3-6-10-12(16-2)9-7-4-5-8-11(9)14-13(10)15/h3-5,7-8H,1,6H2,2H3,(H,14,15). The lowest BCUT2D eigenvalue weighted by Gasteiger charge is -2.11. The first-order chi connectivity index (χ1) is 7.77. The second-order valence-corrected chi connectivity index (χ2v) is 3.46. The van der Waals surface area contributed by atoms with Crippen molar-refractivity contribution in [1.29, 1.82) is 0 Å². The van der Waals surface area contributed by atoms with E-state index in [-0.39, 0.29) is 5.88 Å². The van der Waals surface area contributed by atoms with Crippen molar-refractivity contribution < 1.29 is 9.84 Å². The van der Waals surface area contributed by atoms with Crippen LogP contribution in [0.2, 0.25) is 0 Å². The summed E-state index contributed by atoms with van der Waals surface area (Å²) >= 11 is 0. The SMILES string of the molecule is C=CCc1c(O)nc2ccccc2c1OC. The minimum atomic E-state index is 0.00968. The van der Waals surface area contributed by atoms with Crippen LogP contribution in [-0.2, 0) is 6.42 Å². The van der Waals surface area contributed by atoms with E-state index in [2.05, 4.69) is 11.6 Å². The lowest BCUT2D eigenvalue weighted by atomic mass is 10.1. The van der Waals surface area contributed by atoms with Crippen molar-refractivity contribution in [2.75, 3.05) is 7.11 Å². The molecule has 1 aromatic heterocycles. The Labute approximate surface area is 94.0 Å². The van der Waals surface area contributed by atoms with Crippen LogP contribution in [0.5, 0.6) is 11.6 Å². The molecule has 3 heteroatoms. The van der Waals surface area contributed by atoms with Gasteiger partial charge in [0.2, 0.25) is 5.88 Å². The zero-order chi connectivity index (χ0) is 11.5. The first kappa shape index (κ1) is 10.5. The van der Waals surface area contributed by atoms with Crippen LogP contribution in [-0.4, -0.2) is 17.2 Å². The van der Waals surface area contributed by atoms with Gasteiger partial charge in [-0.1, -0.05) is 18.2 Å². The van der Waals surface area contributed by atoms with E-state index in [1.54, 1.807) is 13.2 Å². The van der Waals surface area contributed by atoms with Gasteiger partial charge in [0.05, 0.1) is 18.2 Å². The molecule has 0 atom stereocenters. The van der Waals surface area contributed by atoms with Gasteiger partial charge in [0, 0.05) is 5.39 Å². The van der Waals surface area contributed by atoms with E-state index in [0.717, 1.165) is 10.9 Å². The first-order valence-corrected chi connectivity index (χ1v) is 5.03. The molecule has 3 nitrogen and oxygen atoms in total. The van der Waals surface area contributed by atoms with E-state index in [4.69, 9.17) is 4.74 Å². The number of nitrogens with zero attached hydrogens (tertiary/aromatic N) is 1. The molecule has 2 aromatic rings. The molecule has 0 amide bonds. The third-order valence-electron chi connectivity index (χ3n) is 2.47. The Hall–Kier alpha value is -2.03. The summed E-state index contributed by atoms with van der Waals surface area (Å²) in [4.78, 5) is 4.13. The molecule has 0 saturated heterocycles. The molecule has 1 N–H and O–H groups in total. The smallest absolute Gasteiger partial charge is 0.218 e. The van der Waals surface area contributed by atoms with Crippen LogP contribution in [0.4, 0.5) is 0 Å². The molecular formula is C13H13NO2. The van der Waals surface area contributed by atoms with E-state index in [0.29, 0.717) is 17.7 Å². The molecule has 82 valence electrons. The number of fused-ring (bicyclic) bond motifs is 1. The highest BCUT2D eigenvalue weighted by Crippen LogP contribution is 2.34. The minimum Gasteiger partial charge on any atom is -0.496 e. The van der Waals surface area contributed by atoms with Crippen LogP contribution in [0.3, 0.4) is 0 Å². The largest absolute Gasteiger partial charge is 0.496 e. The Morgan fingerprint density at radius 3 is 2.88 bits per heavy atom. The number of pyridine rings is 1. The maximum Gasteiger partial charge on any atom is 0.218 e. The van der Waals surface area contributed by atoms with E-state index >= 15 is 0 Å². The fourth-order valence-corrected chi connectivity index (χ4v) is 1.77. The Morgan fingerprint density at radius 2 is 2.19 bits per heavy atom. The summed E-state index contributed by atoms with van der Waals surface area (Å²) in [6.45, 7) is 3.66. The second kappa shape index (κ2) is 4.23. The van der Waals surface area contributed by atoms with Gasteiger partial charge in [0.15, 0.2) is 0 Å². The van der Waals surface area contributed by atoms with E-state index in [1.165, 1.54) is 0 Å². The molecule has 0 spiro atoms. The topological polar surface area (TPSA) is 42.4 Å². The van der Waals surface area contributed by atoms with Gasteiger partial charge in [0.1, 0.15) is 5.75 Å². The molecule has 0 aliphatic rings. The molecular weight excluding hydrogens is 202 g/mol. The highest BCUT2D eigenvalue weighted by Gasteiger charge is 2.13. The molecule has 0 aliphatic carbocycles. The summed E-state index contributed by atoms with van der Waals surface area (Å²) in [7, 11) is 1.59. The maximum absolute atomic E-state index is 9.81. The number of hydrogen-bond donors (Lipinski definition) is 1. The molecule has 0 saturated carbocycles. The third kappa shape index (κ3) is 1.60. The fourth-order valence-electron chi connectivity index (χ4n) is 1.77. The average Bonchev–Trinajstić information content (AvgIpc) is 2.30. The molecule has 0 aliphatic heterocycles. The number of aromatic hydroxyl groups is 1. The van der Waals surface area contributed by atoms with Crippen molar-refractivity contribution in [3.05, 3.63) is 42.5 Å². The molecule has 1 heterocycles. The number of para-hydroxylation sites is 1. The van der Waals surface area contributed by atoms with E-state index in [9.17, 15) is 5.11 Å². The monoisotopic (exact) mass is 215 g/mol. The summed E-state index contributed by atoms with van der Waals surface area (Å²) < 4.78 is 5.34. The zero-order valence-corrected chi connectivity index (χ0v) is 9.10. The average molecular weight is 215 g/mol. The van der Waals surface area contributed by atoms with E-state index in [1.807, 2.05) is 24.3 Å². The number of hydrogen-bond acceptors (Lipinski definition) is 3. The Morgan fingerprint density at radius 1 is 1.44 bits per heavy atom. The Bertz CT molecular complexity index is 535. The predicted molar refractivity (Wildman–Crippen MR) is 63.9 cm³/mol. The van der Waals surface area contributed by atoms with Gasteiger partial charge in [-0.2, -0.15) is 0 Å². The number of benzene rings is 1. The van der Waals surface area contributed by atoms with Gasteiger partial charge in [-0.05, 0) is 18.6 Å². The highest BCUT2D eigenvalue weighted by atomic mass is 16.5. The zero-order valence-electron chi connectivity index (χ0n) is 9.10. The van der Waals surface area contributed by atoms with Crippen molar-refractivity contribution in [3.63, 3.8) is 0 Å². The molecule has 0 bridgehead atoms. The van der Waals surface area contributed by atoms with Gasteiger partial charge >= 0.3 is 0 Å². The van der Waals surface area contributed by atoms with Crippen LogP contribution in [0.25, 0.3) is 10.9 Å². The number of rotatable bonds is 3. The lowest BCUT2D eigenvalue weighted by Crippen LogP contribution is -1.95. The molecule has 0 unspecified atom stereocenters. The summed E-state index contributed by atoms with van der Waals surface area (Å²) in [5.41, 5.74) is 1.40. The molecule has 0 fully saturated rings. The van der Waals surface area contributed by atoms with Crippen molar-refractivity contribution in [2.24, 2.45) is 0 Å². The van der Waals surface area contributed by atoms with Crippen LogP contribution in [0.1, 0.15) is 5.56 Å². The minimum absolute atomic E-state index is 0.00968. The van der Waals surface area contributed by atoms with Crippen molar-refractivity contribution in [2.45, 2.75) is 6.42 Å². The number of allylic oxidation sites excluding steroid dienone is 1. The predicted octanol–water partition coefficient (Wildman–Crippen LogP) is 2.68. The molecule has 2 rings (SSSR count). The van der Waals surface area contributed by atoms with Gasteiger partial charge in [-0.3, -0.25) is 0 Å². The summed E-state index contributed by atoms with van der Waals surface area (Å²) in [5, 5.41) is 10.7. The van der Waals surface area contributed by atoms with Crippen molar-refractivity contribution >= 4 is 10.9 Å². The van der Waals surface area contributed by atoms with Crippen LogP contribution in [0, 0.1) is 0 Å². The molecule has 1 aromatic carbocycles. The quantitative estimate of drug-likeness (QED) is 0.800. The van der Waals surface area contributed by atoms with E-state index < -0.39 is 0 Å². The maximum atomic E-state index is 9.81. The van der Waals surface area contributed by atoms with Crippen LogP contribution >= 0.6 is 0 Å². The summed E-state index contributed by atoms with van der Waals surface area (Å²) in [6, 6.07) is 7.56. The molecule has 0 radical (unpaired) electrons. The summed E-state index contributed by atoms with van der Waals surface area (Å²) in [5.74, 6) is 0.679. The highest BCUT2D eigenvalue weighted by molar-refractivity contribution is 5.87. The third-order valence-corrected chi connectivity index (χ3v) is 2.47. The number of ether oxygens (including phenoxy) is 1. The van der Waals surface area contributed by atoms with Gasteiger partial charge < -0.3 is 9.84 Å². The second-order valence-electron chi connectivity index (χ2n) is 3.46. The normalized spacial score (nSPS) is 10.3. The van der Waals surface area contributed by atoms with Crippen LogP contribution < -0.4 is 4.74 Å². The fraction of sp³-hybridized carbons (Fsp3) is 0.154. The lowest BCUT2D eigenvalue weighted by molar-refractivity contribution is 0.401. The van der Waals surface area contributed by atoms with Crippen molar-refractivity contribution in [1.82, 2.24) is 4.98 Å². The molecule has 16 heavy (non-hydrogen) atoms. The van der Waals surface area contributed by atoms with Gasteiger partial charge in [0.25, 0.3) is 0 Å². The van der Waals surface area contributed by atoms with Gasteiger partial charge in [-0.25, -0.2) is 4.98 Å². The Kier molecular flexibility index (Phi) is 2.77. The number of aromatic nitrogens is 1. The summed E-state index contributed by atoms with van der Waals surface area (Å²) in [6.07, 6.45) is 2.25. The first-order valence-electron chi connectivity index (χ1n) is 5.03. The Balaban J connectivity index is 2.79. The number of methoxy groups -OCH3 is 1. The van der Waals surface area contributed by atoms with Crippen LogP contribution in [0.15, 0.2) is 36.9 Å². The van der Waals surface area contributed by atoms with Crippen molar-refractivity contribution in [3.8, 4) is 11.6 Å².